The molecule has 5 nitrogen and oxygen atoms in total. The van der Waals surface area contributed by atoms with Crippen LogP contribution in [0.1, 0.15) is 76.8 Å². The Hall–Kier alpha value is -1.36. The molecule has 1 aromatic rings. The molecule has 2 fully saturated rings. The van der Waals surface area contributed by atoms with Crippen molar-refractivity contribution in [1.82, 2.24) is 10.2 Å². The molecule has 134 valence electrons. The van der Waals surface area contributed by atoms with Crippen molar-refractivity contribution < 1.29 is 9.90 Å². The summed E-state index contributed by atoms with van der Waals surface area (Å²) in [5.74, 6) is 2.12. The second-order valence-electron chi connectivity index (χ2n) is 7.80. The molecule has 1 aromatic heterocycles. The van der Waals surface area contributed by atoms with Crippen molar-refractivity contribution >= 4 is 11.7 Å². The SMILES string of the molecule is CCCCC1CCC(c2cc(NC(=O)C3CC3C(C)O)n[nH]2)CC1. The normalized spacial score (nSPS) is 30.8. The summed E-state index contributed by atoms with van der Waals surface area (Å²) in [4.78, 5) is 12.1. The highest BCUT2D eigenvalue weighted by Crippen LogP contribution is 2.42. The van der Waals surface area contributed by atoms with E-state index in [1.165, 1.54) is 44.9 Å². The molecule has 2 aliphatic carbocycles. The fourth-order valence-corrected chi connectivity index (χ4v) is 4.13. The lowest BCUT2D eigenvalue weighted by molar-refractivity contribution is -0.118. The predicted octanol–water partition coefficient (Wildman–Crippen LogP) is 3.83. The van der Waals surface area contributed by atoms with Gasteiger partial charge in [0.2, 0.25) is 5.91 Å². The summed E-state index contributed by atoms with van der Waals surface area (Å²) in [6.07, 6.45) is 9.45. The van der Waals surface area contributed by atoms with Crippen LogP contribution in [-0.2, 0) is 4.79 Å². The Bertz CT molecular complexity index is 547. The van der Waals surface area contributed by atoms with E-state index in [0.29, 0.717) is 11.7 Å². The lowest BCUT2D eigenvalue weighted by Gasteiger charge is -2.27. The molecule has 0 spiro atoms. The fraction of sp³-hybridized carbons (Fsp3) is 0.789. The van der Waals surface area contributed by atoms with Gasteiger partial charge in [-0.3, -0.25) is 9.89 Å². The van der Waals surface area contributed by atoms with Crippen LogP contribution in [0, 0.1) is 17.8 Å². The minimum Gasteiger partial charge on any atom is -0.393 e. The third-order valence-electron chi connectivity index (χ3n) is 5.90. The molecule has 1 heterocycles. The number of rotatable bonds is 7. The fourth-order valence-electron chi connectivity index (χ4n) is 4.13. The monoisotopic (exact) mass is 333 g/mol. The first-order valence-electron chi connectivity index (χ1n) is 9.62. The Kier molecular flexibility index (Phi) is 5.59. The second kappa shape index (κ2) is 7.68. The van der Waals surface area contributed by atoms with Gasteiger partial charge in [0.15, 0.2) is 5.82 Å². The van der Waals surface area contributed by atoms with Gasteiger partial charge in [0.25, 0.3) is 0 Å². The number of amides is 1. The van der Waals surface area contributed by atoms with Crippen LogP contribution in [-0.4, -0.2) is 27.3 Å². The first-order chi connectivity index (χ1) is 11.6. The van der Waals surface area contributed by atoms with E-state index < -0.39 is 6.10 Å². The van der Waals surface area contributed by atoms with Gasteiger partial charge in [0.1, 0.15) is 0 Å². The van der Waals surface area contributed by atoms with Crippen molar-refractivity contribution in [2.75, 3.05) is 5.32 Å². The Morgan fingerprint density at radius 3 is 2.79 bits per heavy atom. The van der Waals surface area contributed by atoms with Crippen LogP contribution in [0.2, 0.25) is 0 Å². The summed E-state index contributed by atoms with van der Waals surface area (Å²) in [7, 11) is 0. The van der Waals surface area contributed by atoms with Gasteiger partial charge in [-0.2, -0.15) is 5.10 Å². The summed E-state index contributed by atoms with van der Waals surface area (Å²) in [6, 6.07) is 1.99. The second-order valence-corrected chi connectivity index (χ2v) is 7.80. The van der Waals surface area contributed by atoms with Crippen LogP contribution in [0.5, 0.6) is 0 Å². The number of carbonyl (C=O) groups excluding carboxylic acids is 1. The first-order valence-corrected chi connectivity index (χ1v) is 9.62. The van der Waals surface area contributed by atoms with Gasteiger partial charge in [-0.15, -0.1) is 0 Å². The molecule has 3 atom stereocenters. The smallest absolute Gasteiger partial charge is 0.229 e. The van der Waals surface area contributed by atoms with Gasteiger partial charge in [-0.25, -0.2) is 0 Å². The number of unbranched alkanes of at least 4 members (excludes halogenated alkanes) is 1. The van der Waals surface area contributed by atoms with Crippen molar-refractivity contribution in [3.8, 4) is 0 Å². The number of carbonyl (C=O) groups is 1. The number of H-pyrrole nitrogens is 1. The lowest BCUT2D eigenvalue weighted by atomic mass is 9.78. The van der Waals surface area contributed by atoms with Crippen molar-refractivity contribution in [2.24, 2.45) is 17.8 Å². The quantitative estimate of drug-likeness (QED) is 0.709. The zero-order chi connectivity index (χ0) is 17.1. The number of hydrogen-bond acceptors (Lipinski definition) is 3. The number of hydrogen-bond donors (Lipinski definition) is 3. The van der Waals surface area contributed by atoms with E-state index in [1.807, 2.05) is 6.07 Å². The van der Waals surface area contributed by atoms with E-state index >= 15 is 0 Å². The lowest BCUT2D eigenvalue weighted by Crippen LogP contribution is -2.17. The van der Waals surface area contributed by atoms with Crippen LogP contribution in [0.25, 0.3) is 0 Å². The standard InChI is InChI=1S/C19H31N3O2/c1-3-4-5-13-6-8-14(9-7-13)17-11-18(22-21-17)20-19(24)16-10-15(16)12(2)23/h11-16,23H,3-10H2,1-2H3,(H2,20,21,22,24). The number of nitrogens with one attached hydrogen (secondary N) is 2. The zero-order valence-electron chi connectivity index (χ0n) is 14.9. The maximum atomic E-state index is 12.1. The summed E-state index contributed by atoms with van der Waals surface area (Å²) in [6.45, 7) is 4.01. The average molecular weight is 333 g/mol. The molecule has 2 aliphatic rings. The number of aromatic nitrogens is 2. The molecular weight excluding hydrogens is 302 g/mol. The molecule has 3 unspecified atom stereocenters. The third kappa shape index (κ3) is 4.18. The van der Waals surface area contributed by atoms with Crippen LogP contribution in [0.15, 0.2) is 6.07 Å². The van der Waals surface area contributed by atoms with Crippen molar-refractivity contribution in [3.05, 3.63) is 11.8 Å². The van der Waals surface area contributed by atoms with Crippen molar-refractivity contribution in [1.29, 1.82) is 0 Å². The molecular formula is C19H31N3O2. The van der Waals surface area contributed by atoms with Crippen molar-refractivity contribution in [3.63, 3.8) is 0 Å². The number of nitrogens with zero attached hydrogens (tertiary/aromatic N) is 1. The van der Waals surface area contributed by atoms with Crippen LogP contribution < -0.4 is 5.32 Å². The molecule has 5 heteroatoms. The number of aromatic amines is 1. The number of aliphatic hydroxyl groups is 1. The van der Waals surface area contributed by atoms with Crippen LogP contribution in [0.4, 0.5) is 5.82 Å². The van der Waals surface area contributed by atoms with Gasteiger partial charge in [-0.1, -0.05) is 26.2 Å². The Morgan fingerprint density at radius 2 is 2.17 bits per heavy atom. The van der Waals surface area contributed by atoms with Gasteiger partial charge in [0, 0.05) is 23.6 Å². The highest BCUT2D eigenvalue weighted by Gasteiger charge is 2.45. The minimum atomic E-state index is -0.404. The van der Waals surface area contributed by atoms with E-state index in [0.717, 1.165) is 18.0 Å². The van der Waals surface area contributed by atoms with E-state index in [1.54, 1.807) is 6.92 Å². The molecule has 0 bridgehead atoms. The van der Waals surface area contributed by atoms with Gasteiger partial charge in [0.05, 0.1) is 6.10 Å². The summed E-state index contributed by atoms with van der Waals surface area (Å²) < 4.78 is 0. The maximum absolute atomic E-state index is 12.1. The summed E-state index contributed by atoms with van der Waals surface area (Å²) >= 11 is 0. The van der Waals surface area contributed by atoms with Gasteiger partial charge < -0.3 is 10.4 Å². The molecule has 1 amide bonds. The third-order valence-corrected chi connectivity index (χ3v) is 5.90. The molecule has 0 aliphatic heterocycles. The van der Waals surface area contributed by atoms with Crippen LogP contribution in [0.3, 0.4) is 0 Å². The molecule has 0 radical (unpaired) electrons. The highest BCUT2D eigenvalue weighted by atomic mass is 16.3. The topological polar surface area (TPSA) is 78.0 Å². The Balaban J connectivity index is 1.47. The zero-order valence-corrected chi connectivity index (χ0v) is 14.9. The molecule has 2 saturated carbocycles. The van der Waals surface area contributed by atoms with Crippen LogP contribution >= 0.6 is 0 Å². The van der Waals surface area contributed by atoms with E-state index in [4.69, 9.17) is 0 Å². The largest absolute Gasteiger partial charge is 0.393 e. The predicted molar refractivity (Wildman–Crippen MR) is 94.7 cm³/mol. The molecule has 3 rings (SSSR count). The average Bonchev–Trinajstić information content (AvgIpc) is 3.27. The maximum Gasteiger partial charge on any atom is 0.229 e. The van der Waals surface area contributed by atoms with E-state index in [2.05, 4.69) is 22.4 Å². The number of anilines is 1. The van der Waals surface area contributed by atoms with Crippen molar-refractivity contribution in [2.45, 2.75) is 77.2 Å². The van der Waals surface area contributed by atoms with Gasteiger partial charge in [-0.05, 0) is 50.9 Å². The summed E-state index contributed by atoms with van der Waals surface area (Å²) in [5, 5.41) is 19.8. The van der Waals surface area contributed by atoms with E-state index in [-0.39, 0.29) is 17.7 Å². The first kappa shape index (κ1) is 17.5. The minimum absolute atomic E-state index is 0.0118. The highest BCUT2D eigenvalue weighted by molar-refractivity contribution is 5.93. The van der Waals surface area contributed by atoms with Gasteiger partial charge >= 0.3 is 0 Å². The number of aliphatic hydroxyl groups excluding tert-OH is 1. The molecule has 0 saturated heterocycles. The Labute approximate surface area is 144 Å². The molecule has 0 aromatic carbocycles. The Morgan fingerprint density at radius 1 is 1.42 bits per heavy atom. The van der Waals surface area contributed by atoms with E-state index in [9.17, 15) is 9.90 Å². The summed E-state index contributed by atoms with van der Waals surface area (Å²) in [5.41, 5.74) is 1.15. The molecule has 24 heavy (non-hydrogen) atoms. The molecule has 3 N–H and O–H groups in total.